The number of rotatable bonds is 9. The van der Waals surface area contributed by atoms with Gasteiger partial charge in [0.15, 0.2) is 0 Å². The summed E-state index contributed by atoms with van der Waals surface area (Å²) in [5, 5.41) is 5.02. The summed E-state index contributed by atoms with van der Waals surface area (Å²) in [6.07, 6.45) is 1.71. The van der Waals surface area contributed by atoms with Crippen LogP contribution in [0.2, 0.25) is 0 Å². The normalized spacial score (nSPS) is 14.0. The minimum atomic E-state index is -2.26. The van der Waals surface area contributed by atoms with Gasteiger partial charge in [0.05, 0.1) is 0 Å². The molecule has 0 aromatic heterocycles. The van der Waals surface area contributed by atoms with Gasteiger partial charge in [0.25, 0.3) is 0 Å². The highest BCUT2D eigenvalue weighted by molar-refractivity contribution is 8.24. The number of benzene rings is 6. The van der Waals surface area contributed by atoms with Crippen molar-refractivity contribution in [1.82, 2.24) is 0 Å². The quantitative estimate of drug-likeness (QED) is 0.150. The maximum absolute atomic E-state index is 6.90. The van der Waals surface area contributed by atoms with Gasteiger partial charge in [-0.3, -0.25) is 0 Å². The smallest absolute Gasteiger partial charge is 0.0116 e. The van der Waals surface area contributed by atoms with Gasteiger partial charge in [-0.05, 0) is 55.8 Å². The number of hydrogen-bond donors (Lipinski definition) is 0. The van der Waals surface area contributed by atoms with E-state index < -0.39 is 12.1 Å². The first-order valence-corrected chi connectivity index (χ1v) is 20.2. The Morgan fingerprint density at radius 3 is 0.976 bits per heavy atom. The Labute approximate surface area is 260 Å². The fourth-order valence-electron chi connectivity index (χ4n) is 5.70. The summed E-state index contributed by atoms with van der Waals surface area (Å²) in [7, 11) is 0. The van der Waals surface area contributed by atoms with E-state index in [0.717, 1.165) is 12.3 Å². The second kappa shape index (κ2) is 12.9. The van der Waals surface area contributed by atoms with Gasteiger partial charge in [-0.2, -0.15) is 0 Å². The van der Waals surface area contributed by atoms with Crippen LogP contribution in [0.5, 0.6) is 0 Å². The maximum Gasteiger partial charge on any atom is 0.0116 e. The molecule has 0 bridgehead atoms. The minimum Gasteiger partial charge on any atom is -0.0876 e. The summed E-state index contributed by atoms with van der Waals surface area (Å²) >= 11 is 13.8. The Hall–Kier alpha value is -3.38. The highest BCUT2D eigenvalue weighted by Gasteiger charge is 2.31. The van der Waals surface area contributed by atoms with Crippen LogP contribution in [0.4, 0.5) is 0 Å². The van der Waals surface area contributed by atoms with Crippen LogP contribution in [0.1, 0.15) is 0 Å². The van der Waals surface area contributed by atoms with Gasteiger partial charge < -0.3 is 0 Å². The van der Waals surface area contributed by atoms with E-state index in [1.54, 1.807) is 0 Å². The summed E-state index contributed by atoms with van der Waals surface area (Å²) < 4.78 is 0. The van der Waals surface area contributed by atoms with Gasteiger partial charge in [-0.1, -0.05) is 193 Å². The zero-order valence-electron chi connectivity index (χ0n) is 23.3. The van der Waals surface area contributed by atoms with E-state index in [2.05, 4.69) is 170 Å². The van der Waals surface area contributed by atoms with Crippen molar-refractivity contribution in [2.24, 2.45) is 0 Å². The third-order valence-corrected chi connectivity index (χ3v) is 18.0. The molecule has 6 rings (SSSR count). The monoisotopic (exact) mass is 614 g/mol. The van der Waals surface area contributed by atoms with Crippen LogP contribution in [0.25, 0.3) is 22.3 Å². The molecule has 0 saturated heterocycles. The zero-order valence-corrected chi connectivity index (χ0v) is 26.7. The van der Waals surface area contributed by atoms with Gasteiger partial charge in [0.2, 0.25) is 0 Å². The molecular weight excluding hydrogens is 583 g/mol. The van der Waals surface area contributed by atoms with Crippen LogP contribution in [0.3, 0.4) is 0 Å². The molecule has 0 aliphatic heterocycles. The van der Waals surface area contributed by atoms with E-state index in [4.69, 9.17) is 23.6 Å². The van der Waals surface area contributed by atoms with E-state index in [0.29, 0.717) is 0 Å². The number of hydrogen-bond acceptors (Lipinski definition) is 2. The SMILES string of the molecule is S=P(CCP(=S)(c1ccccc1)c1ccccc1-c1ccccc1)(c1ccccc1)c1ccccc1-c1ccccc1. The van der Waals surface area contributed by atoms with Crippen molar-refractivity contribution in [3.63, 3.8) is 0 Å². The third kappa shape index (κ3) is 5.78. The summed E-state index contributed by atoms with van der Waals surface area (Å²) in [4.78, 5) is 0. The molecule has 206 valence electrons. The molecule has 42 heavy (non-hydrogen) atoms. The molecule has 6 aromatic carbocycles. The lowest BCUT2D eigenvalue weighted by Crippen LogP contribution is -2.26. The van der Waals surface area contributed by atoms with Gasteiger partial charge in [-0.25, -0.2) is 0 Å². The first-order valence-electron chi connectivity index (χ1n) is 14.2. The van der Waals surface area contributed by atoms with E-state index >= 15 is 0 Å². The lowest BCUT2D eigenvalue weighted by atomic mass is 10.1. The van der Waals surface area contributed by atoms with Gasteiger partial charge >= 0.3 is 0 Å². The first kappa shape index (κ1) is 28.7. The summed E-state index contributed by atoms with van der Waals surface area (Å²) in [6.45, 7) is 0. The topological polar surface area (TPSA) is 0 Å². The predicted octanol–water partition coefficient (Wildman–Crippen LogP) is 8.58. The molecule has 0 fully saturated rings. The molecular formula is C38H32P2S2. The average Bonchev–Trinajstić information content (AvgIpc) is 3.08. The Morgan fingerprint density at radius 1 is 0.333 bits per heavy atom. The van der Waals surface area contributed by atoms with E-state index in [-0.39, 0.29) is 0 Å². The second-order valence-corrected chi connectivity index (χ2v) is 20.0. The lowest BCUT2D eigenvalue weighted by molar-refractivity contribution is 1.50. The van der Waals surface area contributed by atoms with Crippen molar-refractivity contribution < 1.29 is 0 Å². The Balaban J connectivity index is 1.52. The van der Waals surface area contributed by atoms with Crippen molar-refractivity contribution in [3.8, 4) is 22.3 Å². The lowest BCUT2D eigenvalue weighted by Gasteiger charge is -2.31. The Kier molecular flexibility index (Phi) is 8.80. The Morgan fingerprint density at radius 2 is 0.619 bits per heavy atom. The molecule has 0 N–H and O–H groups in total. The van der Waals surface area contributed by atoms with Crippen LogP contribution < -0.4 is 21.2 Å². The molecule has 6 aromatic rings. The Bertz CT molecular complexity index is 1730. The highest BCUT2D eigenvalue weighted by atomic mass is 32.4. The van der Waals surface area contributed by atoms with Crippen LogP contribution in [-0.2, 0) is 23.6 Å². The largest absolute Gasteiger partial charge is 0.0876 e. The molecule has 0 aliphatic rings. The first-order chi connectivity index (χ1) is 20.6. The van der Waals surface area contributed by atoms with Crippen molar-refractivity contribution in [2.45, 2.75) is 0 Å². The fourth-order valence-corrected chi connectivity index (χ4v) is 15.8. The third-order valence-electron chi connectivity index (χ3n) is 7.83. The van der Waals surface area contributed by atoms with Crippen molar-refractivity contribution >= 4 is 56.9 Å². The summed E-state index contributed by atoms with van der Waals surface area (Å²) in [5.74, 6) is 0. The molecule has 0 amide bonds. The van der Waals surface area contributed by atoms with Crippen molar-refractivity contribution in [2.75, 3.05) is 12.3 Å². The standard InChI is InChI=1S/C38H32P2S2/c41-39(33-21-9-3-10-22-33,37-27-15-13-25-35(37)31-17-5-1-6-18-31)29-30-40(42,34-23-11-4-12-24-34)38-28-16-14-26-36(38)32-19-7-2-8-20-32/h1-28H,29-30H2. The molecule has 0 heterocycles. The molecule has 0 aliphatic carbocycles. The molecule has 0 saturated carbocycles. The molecule has 4 heteroatoms. The molecule has 0 radical (unpaired) electrons. The van der Waals surface area contributed by atoms with E-state index in [9.17, 15) is 0 Å². The van der Waals surface area contributed by atoms with Gasteiger partial charge in [0, 0.05) is 12.1 Å². The van der Waals surface area contributed by atoms with Gasteiger partial charge in [-0.15, -0.1) is 0 Å². The van der Waals surface area contributed by atoms with Crippen LogP contribution in [0.15, 0.2) is 170 Å². The highest BCUT2D eigenvalue weighted by Crippen LogP contribution is 2.53. The second-order valence-electron chi connectivity index (χ2n) is 10.4. The summed E-state index contributed by atoms with van der Waals surface area (Å²) in [6, 6.07) is 55.9. The van der Waals surface area contributed by atoms with E-state index in [1.807, 2.05) is 0 Å². The molecule has 0 spiro atoms. The van der Waals surface area contributed by atoms with Crippen LogP contribution in [0, 0.1) is 0 Å². The molecule has 2 unspecified atom stereocenters. The van der Waals surface area contributed by atoms with Crippen molar-refractivity contribution in [1.29, 1.82) is 0 Å². The maximum atomic E-state index is 6.90. The van der Waals surface area contributed by atoms with E-state index in [1.165, 1.54) is 43.5 Å². The zero-order chi connectivity index (χ0) is 28.8. The average molecular weight is 615 g/mol. The summed E-state index contributed by atoms with van der Waals surface area (Å²) in [5.41, 5.74) is 4.86. The molecule has 2 atom stereocenters. The fraction of sp³-hybridized carbons (Fsp3) is 0.0526. The molecule has 0 nitrogen and oxygen atoms in total. The van der Waals surface area contributed by atoms with Crippen LogP contribution in [-0.4, -0.2) is 12.3 Å². The minimum absolute atomic E-state index is 0.853. The predicted molar refractivity (Wildman–Crippen MR) is 193 cm³/mol. The van der Waals surface area contributed by atoms with Crippen molar-refractivity contribution in [3.05, 3.63) is 170 Å². The van der Waals surface area contributed by atoms with Gasteiger partial charge in [0.1, 0.15) is 0 Å². The van der Waals surface area contributed by atoms with Crippen LogP contribution >= 0.6 is 12.1 Å².